The van der Waals surface area contributed by atoms with Gasteiger partial charge in [0.1, 0.15) is 0 Å². The maximum absolute atomic E-state index is 12.2. The first-order valence-electron chi connectivity index (χ1n) is 7.61. The molecule has 21 heavy (non-hydrogen) atoms. The lowest BCUT2D eigenvalue weighted by Crippen LogP contribution is -2.46. The number of amides is 2. The van der Waals surface area contributed by atoms with E-state index in [0.29, 0.717) is 5.92 Å². The molecule has 0 unspecified atom stereocenters. The highest BCUT2D eigenvalue weighted by molar-refractivity contribution is 7.98. The van der Waals surface area contributed by atoms with Gasteiger partial charge in [-0.05, 0) is 44.1 Å². The van der Waals surface area contributed by atoms with Gasteiger partial charge in [-0.1, -0.05) is 0 Å². The fourth-order valence-corrected chi connectivity index (χ4v) is 4.25. The molecule has 1 aromatic rings. The molecule has 1 aliphatic rings. The third kappa shape index (κ3) is 5.51. The molecule has 1 fully saturated rings. The monoisotopic (exact) mass is 327 g/mol. The molecule has 6 heteroatoms. The van der Waals surface area contributed by atoms with Crippen molar-refractivity contribution in [2.24, 2.45) is 5.92 Å². The van der Waals surface area contributed by atoms with Crippen LogP contribution in [0.2, 0.25) is 0 Å². The molecule has 0 bridgehead atoms. The van der Waals surface area contributed by atoms with E-state index >= 15 is 0 Å². The van der Waals surface area contributed by atoms with Crippen LogP contribution in [0.4, 0.5) is 4.79 Å². The molecule has 1 aliphatic heterocycles. The molecule has 2 rings (SSSR count). The van der Waals surface area contributed by atoms with Crippen molar-refractivity contribution >= 4 is 29.1 Å². The van der Waals surface area contributed by atoms with Gasteiger partial charge >= 0.3 is 6.03 Å². The summed E-state index contributed by atoms with van der Waals surface area (Å²) >= 11 is 3.58. The van der Waals surface area contributed by atoms with Gasteiger partial charge in [0.2, 0.25) is 0 Å². The quantitative estimate of drug-likeness (QED) is 0.816. The number of carbonyl (C=O) groups excluding carboxylic acids is 1. The van der Waals surface area contributed by atoms with Crippen molar-refractivity contribution in [1.82, 2.24) is 15.2 Å². The summed E-state index contributed by atoms with van der Waals surface area (Å²) < 4.78 is 0. The number of nitrogens with zero attached hydrogens (tertiary/aromatic N) is 2. The molecule has 0 spiro atoms. The zero-order valence-corrected chi connectivity index (χ0v) is 14.6. The van der Waals surface area contributed by atoms with E-state index in [9.17, 15) is 4.79 Å². The van der Waals surface area contributed by atoms with Gasteiger partial charge in [-0.25, -0.2) is 9.78 Å². The lowest BCUT2D eigenvalue weighted by molar-refractivity contribution is 0.171. The van der Waals surface area contributed by atoms with Gasteiger partial charge in [0, 0.05) is 37.1 Å². The van der Waals surface area contributed by atoms with Gasteiger partial charge in [0.15, 0.2) is 0 Å². The van der Waals surface area contributed by atoms with E-state index < -0.39 is 0 Å². The van der Waals surface area contributed by atoms with E-state index in [0.717, 1.165) is 50.3 Å². The van der Waals surface area contributed by atoms with Crippen molar-refractivity contribution in [2.45, 2.75) is 32.6 Å². The van der Waals surface area contributed by atoms with E-state index in [1.165, 1.54) is 11.4 Å². The molecule has 0 aromatic carbocycles. The number of likely N-dealkylation sites (tertiary alicyclic amines) is 1. The number of thiazole rings is 1. The predicted molar refractivity (Wildman–Crippen MR) is 91.2 cm³/mol. The second-order valence-corrected chi connectivity index (χ2v) is 7.48. The number of hydrogen-bond donors (Lipinski definition) is 1. The molecular formula is C15H25N3OS2. The van der Waals surface area contributed by atoms with Crippen LogP contribution in [0.1, 0.15) is 30.0 Å². The zero-order chi connectivity index (χ0) is 15.1. The summed E-state index contributed by atoms with van der Waals surface area (Å²) in [5.41, 5.74) is 1.09. The lowest BCUT2D eigenvalue weighted by Gasteiger charge is -2.32. The van der Waals surface area contributed by atoms with Gasteiger partial charge < -0.3 is 10.2 Å². The summed E-state index contributed by atoms with van der Waals surface area (Å²) in [4.78, 5) is 18.6. The molecule has 118 valence electrons. The van der Waals surface area contributed by atoms with Gasteiger partial charge in [0.25, 0.3) is 0 Å². The van der Waals surface area contributed by atoms with Crippen LogP contribution in [0.5, 0.6) is 0 Å². The number of aryl methyl sites for hydroxylation is 2. The van der Waals surface area contributed by atoms with E-state index in [1.807, 2.05) is 23.6 Å². The van der Waals surface area contributed by atoms with Crippen molar-refractivity contribution in [3.63, 3.8) is 0 Å². The number of piperidine rings is 1. The Bertz CT molecular complexity index is 448. The van der Waals surface area contributed by atoms with E-state index in [2.05, 4.69) is 21.9 Å². The fraction of sp³-hybridized carbons (Fsp3) is 0.733. The second kappa shape index (κ2) is 8.63. The Hall–Kier alpha value is -0.750. The Labute approximate surface area is 135 Å². The number of rotatable bonds is 6. The average Bonchev–Trinajstić information content (AvgIpc) is 2.90. The van der Waals surface area contributed by atoms with Crippen molar-refractivity contribution in [1.29, 1.82) is 0 Å². The Morgan fingerprint density at radius 1 is 1.62 bits per heavy atom. The maximum Gasteiger partial charge on any atom is 0.317 e. The molecular weight excluding hydrogens is 302 g/mol. The Morgan fingerprint density at radius 3 is 3.19 bits per heavy atom. The Balaban J connectivity index is 1.64. The van der Waals surface area contributed by atoms with Crippen LogP contribution in [-0.2, 0) is 6.42 Å². The molecule has 4 nitrogen and oxygen atoms in total. The fourth-order valence-electron chi connectivity index (χ4n) is 2.69. The Morgan fingerprint density at radius 2 is 2.48 bits per heavy atom. The molecule has 0 aliphatic carbocycles. The summed E-state index contributed by atoms with van der Waals surface area (Å²) in [7, 11) is 0. The van der Waals surface area contributed by atoms with E-state index in [1.54, 1.807) is 11.3 Å². The number of thioether (sulfide) groups is 1. The number of aromatic nitrogens is 1. The summed E-state index contributed by atoms with van der Waals surface area (Å²) in [5, 5.41) is 6.29. The van der Waals surface area contributed by atoms with Gasteiger partial charge in [-0.3, -0.25) is 0 Å². The Kier molecular flexibility index (Phi) is 6.83. The highest BCUT2D eigenvalue weighted by atomic mass is 32.2. The summed E-state index contributed by atoms with van der Waals surface area (Å²) in [6.07, 6.45) is 6.44. The van der Waals surface area contributed by atoms with Crippen molar-refractivity contribution in [3.8, 4) is 0 Å². The highest BCUT2D eigenvalue weighted by Crippen LogP contribution is 2.19. The lowest BCUT2D eigenvalue weighted by atomic mass is 10.0. The number of hydrogen-bond acceptors (Lipinski definition) is 4. The van der Waals surface area contributed by atoms with Crippen LogP contribution in [0.15, 0.2) is 5.38 Å². The highest BCUT2D eigenvalue weighted by Gasteiger charge is 2.22. The summed E-state index contributed by atoms with van der Waals surface area (Å²) in [6, 6.07) is 0.108. The van der Waals surface area contributed by atoms with Crippen LogP contribution in [-0.4, -0.2) is 47.6 Å². The molecule has 0 saturated carbocycles. The van der Waals surface area contributed by atoms with Crippen LogP contribution in [0.25, 0.3) is 0 Å². The normalized spacial score (nSPS) is 18.8. The van der Waals surface area contributed by atoms with Crippen molar-refractivity contribution in [3.05, 3.63) is 16.1 Å². The van der Waals surface area contributed by atoms with Crippen molar-refractivity contribution < 1.29 is 4.79 Å². The topological polar surface area (TPSA) is 45.2 Å². The van der Waals surface area contributed by atoms with E-state index in [-0.39, 0.29) is 6.03 Å². The van der Waals surface area contributed by atoms with Crippen LogP contribution < -0.4 is 5.32 Å². The standard InChI is InChI=1S/C15H25N3OS2/c1-12-10-21-14(17-12)6-3-7-16-15(19)18-8-4-5-13(9-18)11-20-2/h10,13H,3-9,11H2,1-2H3,(H,16,19)/t13-/m0/s1. The summed E-state index contributed by atoms with van der Waals surface area (Å²) in [5.74, 6) is 1.82. The SMILES string of the molecule is CSC[C@H]1CCCN(C(=O)NCCCc2nc(C)cs2)C1. The van der Waals surface area contributed by atoms with Crippen LogP contribution >= 0.6 is 23.1 Å². The molecule has 1 N–H and O–H groups in total. The smallest absolute Gasteiger partial charge is 0.317 e. The zero-order valence-electron chi connectivity index (χ0n) is 12.9. The minimum atomic E-state index is 0.108. The first-order valence-corrected chi connectivity index (χ1v) is 9.89. The minimum Gasteiger partial charge on any atom is -0.338 e. The molecule has 1 saturated heterocycles. The van der Waals surface area contributed by atoms with Crippen LogP contribution in [0.3, 0.4) is 0 Å². The average molecular weight is 328 g/mol. The van der Waals surface area contributed by atoms with Gasteiger partial charge in [-0.15, -0.1) is 11.3 Å². The maximum atomic E-state index is 12.2. The number of urea groups is 1. The predicted octanol–water partition coefficient (Wildman–Crippen LogP) is 3.17. The second-order valence-electron chi connectivity index (χ2n) is 5.63. The minimum absolute atomic E-state index is 0.108. The molecule has 1 aromatic heterocycles. The van der Waals surface area contributed by atoms with Gasteiger partial charge in [0.05, 0.1) is 5.01 Å². The van der Waals surface area contributed by atoms with Gasteiger partial charge in [-0.2, -0.15) is 11.8 Å². The molecule has 2 amide bonds. The molecule has 1 atom stereocenters. The molecule has 2 heterocycles. The summed E-state index contributed by atoms with van der Waals surface area (Å²) in [6.45, 7) is 4.57. The molecule has 0 radical (unpaired) electrons. The number of carbonyl (C=O) groups is 1. The first-order chi connectivity index (χ1) is 10.2. The van der Waals surface area contributed by atoms with Crippen molar-refractivity contribution in [2.75, 3.05) is 31.6 Å². The largest absolute Gasteiger partial charge is 0.338 e. The first kappa shape index (κ1) is 16.6. The third-order valence-electron chi connectivity index (χ3n) is 3.72. The van der Waals surface area contributed by atoms with E-state index in [4.69, 9.17) is 0 Å². The third-order valence-corrected chi connectivity index (χ3v) is 5.55. The van der Waals surface area contributed by atoms with Crippen LogP contribution in [0, 0.1) is 12.8 Å². The number of nitrogens with one attached hydrogen (secondary N) is 1.